The molecule has 0 aliphatic heterocycles. The first kappa shape index (κ1) is 17.1. The Labute approximate surface area is 136 Å². The van der Waals surface area contributed by atoms with Crippen molar-refractivity contribution in [2.75, 3.05) is 18.6 Å². The van der Waals surface area contributed by atoms with Gasteiger partial charge in [-0.1, -0.05) is 6.07 Å². The maximum atomic E-state index is 12.5. The van der Waals surface area contributed by atoms with E-state index in [0.29, 0.717) is 5.69 Å². The van der Waals surface area contributed by atoms with E-state index in [9.17, 15) is 9.59 Å². The van der Waals surface area contributed by atoms with Crippen molar-refractivity contribution >= 4 is 17.9 Å². The molecular formula is C17H24N2O4. The molecule has 2 rings (SSSR count). The molecule has 6 nitrogen and oxygen atoms in total. The highest BCUT2D eigenvalue weighted by molar-refractivity contribution is 5.88. The highest BCUT2D eigenvalue weighted by Gasteiger charge is 2.26. The molecule has 2 amide bonds. The van der Waals surface area contributed by atoms with Crippen LogP contribution in [0.2, 0.25) is 0 Å². The van der Waals surface area contributed by atoms with E-state index in [4.69, 9.17) is 9.84 Å². The van der Waals surface area contributed by atoms with Gasteiger partial charge in [-0.3, -0.25) is 9.80 Å². The van der Waals surface area contributed by atoms with E-state index in [1.54, 1.807) is 20.8 Å². The Balaban J connectivity index is 2.28. The molecule has 0 saturated carbocycles. The molecule has 0 heterocycles. The number of hydrogen-bond acceptors (Lipinski definition) is 3. The maximum absolute atomic E-state index is 12.5. The molecule has 1 aromatic carbocycles. The number of anilines is 1. The summed E-state index contributed by atoms with van der Waals surface area (Å²) in [5.41, 5.74) is 2.53. The van der Waals surface area contributed by atoms with Crippen LogP contribution in [0.1, 0.15) is 38.3 Å². The molecule has 23 heavy (non-hydrogen) atoms. The standard InChI is InChI=1S/C17H24N2O4/c1-17(2,3)23-16(22)19(11-18(4)15(20)21)14-9-8-12-6-5-7-13(12)10-14/h8-10H,5-7,11H2,1-4H3,(H,20,21). The summed E-state index contributed by atoms with van der Waals surface area (Å²) in [4.78, 5) is 26.0. The summed E-state index contributed by atoms with van der Waals surface area (Å²) < 4.78 is 5.42. The second kappa shape index (κ2) is 6.48. The van der Waals surface area contributed by atoms with Crippen molar-refractivity contribution in [2.24, 2.45) is 0 Å². The van der Waals surface area contributed by atoms with Crippen molar-refractivity contribution in [1.82, 2.24) is 4.90 Å². The van der Waals surface area contributed by atoms with Crippen LogP contribution in [0.15, 0.2) is 18.2 Å². The minimum absolute atomic E-state index is 0.0803. The molecule has 0 fully saturated rings. The van der Waals surface area contributed by atoms with Crippen molar-refractivity contribution in [3.05, 3.63) is 29.3 Å². The molecule has 0 bridgehead atoms. The summed E-state index contributed by atoms with van der Waals surface area (Å²) in [5, 5.41) is 9.09. The number of fused-ring (bicyclic) bond motifs is 1. The number of hydrogen-bond donors (Lipinski definition) is 1. The van der Waals surface area contributed by atoms with Crippen LogP contribution in [-0.2, 0) is 17.6 Å². The van der Waals surface area contributed by atoms with E-state index in [1.807, 2.05) is 18.2 Å². The summed E-state index contributed by atoms with van der Waals surface area (Å²) in [7, 11) is 1.42. The number of carbonyl (C=O) groups excluding carboxylic acids is 1. The lowest BCUT2D eigenvalue weighted by atomic mass is 10.1. The quantitative estimate of drug-likeness (QED) is 0.866. The van der Waals surface area contributed by atoms with Gasteiger partial charge >= 0.3 is 12.2 Å². The van der Waals surface area contributed by atoms with Gasteiger partial charge in [0, 0.05) is 12.7 Å². The number of benzene rings is 1. The second-order valence-corrected chi connectivity index (χ2v) is 6.84. The van der Waals surface area contributed by atoms with E-state index >= 15 is 0 Å². The average molecular weight is 320 g/mol. The van der Waals surface area contributed by atoms with Crippen molar-refractivity contribution in [3.63, 3.8) is 0 Å². The summed E-state index contributed by atoms with van der Waals surface area (Å²) >= 11 is 0. The minimum Gasteiger partial charge on any atom is -0.465 e. The zero-order valence-corrected chi connectivity index (χ0v) is 14.1. The molecule has 0 aromatic heterocycles. The normalized spacial score (nSPS) is 13.4. The third-order valence-electron chi connectivity index (χ3n) is 3.69. The van der Waals surface area contributed by atoms with Gasteiger partial charge in [-0.15, -0.1) is 0 Å². The molecule has 0 saturated heterocycles. The van der Waals surface area contributed by atoms with Gasteiger partial charge in [0.1, 0.15) is 12.3 Å². The molecule has 126 valence electrons. The molecule has 0 radical (unpaired) electrons. The van der Waals surface area contributed by atoms with E-state index < -0.39 is 17.8 Å². The fraction of sp³-hybridized carbons (Fsp3) is 0.529. The summed E-state index contributed by atoms with van der Waals surface area (Å²) in [6.07, 6.45) is 1.50. The number of aryl methyl sites for hydroxylation is 2. The maximum Gasteiger partial charge on any atom is 0.416 e. The Morgan fingerprint density at radius 1 is 1.22 bits per heavy atom. The van der Waals surface area contributed by atoms with E-state index in [1.165, 1.54) is 23.1 Å². The van der Waals surface area contributed by atoms with E-state index in [2.05, 4.69) is 0 Å². The average Bonchev–Trinajstić information content (AvgIpc) is 2.89. The second-order valence-electron chi connectivity index (χ2n) is 6.84. The van der Waals surface area contributed by atoms with Crippen LogP contribution in [0.3, 0.4) is 0 Å². The smallest absolute Gasteiger partial charge is 0.416 e. The lowest BCUT2D eigenvalue weighted by Crippen LogP contribution is -2.44. The van der Waals surface area contributed by atoms with Gasteiger partial charge in [0.2, 0.25) is 0 Å². The molecule has 6 heteroatoms. The van der Waals surface area contributed by atoms with Crippen LogP contribution in [0.4, 0.5) is 15.3 Å². The van der Waals surface area contributed by atoms with Gasteiger partial charge in [0.15, 0.2) is 0 Å². The predicted octanol–water partition coefficient (Wildman–Crippen LogP) is 3.48. The van der Waals surface area contributed by atoms with Gasteiger partial charge < -0.3 is 9.84 Å². The number of amides is 2. The van der Waals surface area contributed by atoms with E-state index in [0.717, 1.165) is 24.2 Å². The number of nitrogens with zero attached hydrogens (tertiary/aromatic N) is 2. The van der Waals surface area contributed by atoms with Crippen molar-refractivity contribution < 1.29 is 19.4 Å². The first-order valence-corrected chi connectivity index (χ1v) is 7.74. The zero-order chi connectivity index (χ0) is 17.2. The number of carbonyl (C=O) groups is 2. The van der Waals surface area contributed by atoms with Crippen LogP contribution in [0.25, 0.3) is 0 Å². The van der Waals surface area contributed by atoms with Gasteiger partial charge in [-0.05, 0) is 63.3 Å². The Hall–Kier alpha value is -2.24. The monoisotopic (exact) mass is 320 g/mol. The van der Waals surface area contributed by atoms with Gasteiger partial charge in [-0.2, -0.15) is 0 Å². The van der Waals surface area contributed by atoms with Crippen molar-refractivity contribution in [2.45, 2.75) is 45.6 Å². The van der Waals surface area contributed by atoms with Gasteiger partial charge in [0.25, 0.3) is 0 Å². The summed E-state index contributed by atoms with van der Waals surface area (Å²) in [6, 6.07) is 5.82. The Bertz CT molecular complexity index is 607. The highest BCUT2D eigenvalue weighted by atomic mass is 16.6. The summed E-state index contributed by atoms with van der Waals surface area (Å²) in [5.74, 6) is 0. The first-order chi connectivity index (χ1) is 10.7. The largest absolute Gasteiger partial charge is 0.465 e. The zero-order valence-electron chi connectivity index (χ0n) is 14.1. The molecule has 1 N–H and O–H groups in total. The lowest BCUT2D eigenvalue weighted by Gasteiger charge is -2.30. The Kier molecular flexibility index (Phi) is 4.82. The fourth-order valence-corrected chi connectivity index (χ4v) is 2.56. The van der Waals surface area contributed by atoms with Crippen LogP contribution in [-0.4, -0.2) is 41.5 Å². The highest BCUT2D eigenvalue weighted by Crippen LogP contribution is 2.28. The number of carboxylic acid groups (broad SMARTS) is 1. The molecule has 1 aromatic rings. The molecule has 1 aliphatic rings. The van der Waals surface area contributed by atoms with Gasteiger partial charge in [0.05, 0.1) is 0 Å². The third kappa shape index (κ3) is 4.37. The van der Waals surface area contributed by atoms with Crippen LogP contribution in [0, 0.1) is 0 Å². The summed E-state index contributed by atoms with van der Waals surface area (Å²) in [6.45, 7) is 5.27. The topological polar surface area (TPSA) is 70.1 Å². The van der Waals surface area contributed by atoms with Crippen molar-refractivity contribution in [1.29, 1.82) is 0 Å². The Morgan fingerprint density at radius 2 is 1.87 bits per heavy atom. The number of rotatable bonds is 3. The predicted molar refractivity (Wildman–Crippen MR) is 87.8 cm³/mol. The lowest BCUT2D eigenvalue weighted by molar-refractivity contribution is 0.0562. The minimum atomic E-state index is -1.10. The molecule has 0 spiro atoms. The molecular weight excluding hydrogens is 296 g/mol. The molecule has 0 atom stereocenters. The molecule has 1 aliphatic carbocycles. The SMILES string of the molecule is CN(CN(C(=O)OC(C)(C)C)c1ccc2c(c1)CCC2)C(=O)O. The van der Waals surface area contributed by atoms with Gasteiger partial charge in [-0.25, -0.2) is 9.59 Å². The third-order valence-corrected chi connectivity index (χ3v) is 3.69. The van der Waals surface area contributed by atoms with Crippen LogP contribution >= 0.6 is 0 Å². The first-order valence-electron chi connectivity index (χ1n) is 7.74. The fourth-order valence-electron chi connectivity index (χ4n) is 2.56. The van der Waals surface area contributed by atoms with E-state index in [-0.39, 0.29) is 6.67 Å². The van der Waals surface area contributed by atoms with Crippen molar-refractivity contribution in [3.8, 4) is 0 Å². The van der Waals surface area contributed by atoms with Crippen LogP contribution < -0.4 is 4.90 Å². The Morgan fingerprint density at radius 3 is 2.48 bits per heavy atom. The van der Waals surface area contributed by atoms with Crippen LogP contribution in [0.5, 0.6) is 0 Å². The number of ether oxygens (including phenoxy) is 1. The molecule has 0 unspecified atom stereocenters.